The molecule has 1 rings (SSSR count). The summed E-state index contributed by atoms with van der Waals surface area (Å²) in [5, 5.41) is 0. The monoisotopic (exact) mass is 192 g/mol. The van der Waals surface area contributed by atoms with Crippen LogP contribution in [-0.4, -0.2) is 20.0 Å². The molecule has 2 nitrogen and oxygen atoms in total. The average Bonchev–Trinajstić information content (AvgIpc) is 2.25. The predicted octanol–water partition coefficient (Wildman–Crippen LogP) is 3.85. The Balaban J connectivity index is -0.000000178. The third-order valence-electron chi connectivity index (χ3n) is 1.40. The molecule has 1 unspecified atom stereocenters. The summed E-state index contributed by atoms with van der Waals surface area (Å²) in [4.78, 5) is 0. The molecule has 1 aliphatic rings. The van der Waals surface area contributed by atoms with Gasteiger partial charge in [0.2, 0.25) is 0 Å². The number of ether oxygens (including phenoxy) is 2. The fraction of sp³-hybridized carbons (Fsp3) is 1.00. The van der Waals surface area contributed by atoms with Gasteiger partial charge in [0.25, 0.3) is 0 Å². The molecule has 2 heteroatoms. The summed E-state index contributed by atoms with van der Waals surface area (Å²) in [6.07, 6.45) is 3.60. The molecule has 84 valence electrons. The summed E-state index contributed by atoms with van der Waals surface area (Å²) in [5.41, 5.74) is 0. The molecule has 1 atom stereocenters. The normalized spacial score (nSPS) is 19.6. The van der Waals surface area contributed by atoms with Gasteiger partial charge in [0.1, 0.15) is 0 Å². The van der Waals surface area contributed by atoms with E-state index < -0.39 is 0 Å². The van der Waals surface area contributed by atoms with Gasteiger partial charge < -0.3 is 9.47 Å². The lowest BCUT2D eigenvalue weighted by Gasteiger charge is -2.20. The molecule has 0 saturated carbocycles. The highest BCUT2D eigenvalue weighted by Crippen LogP contribution is 2.11. The van der Waals surface area contributed by atoms with Crippen LogP contribution in [0.5, 0.6) is 0 Å². The summed E-state index contributed by atoms with van der Waals surface area (Å²) < 4.78 is 10.2. The zero-order valence-electron chi connectivity index (χ0n) is 9.22. The number of hydrogen-bond donors (Lipinski definition) is 0. The van der Waals surface area contributed by atoms with Crippen LogP contribution in [-0.2, 0) is 9.47 Å². The van der Waals surface area contributed by atoms with Gasteiger partial charge >= 0.3 is 0 Å². The van der Waals surface area contributed by atoms with Crippen LogP contribution in [0.25, 0.3) is 0 Å². The van der Waals surface area contributed by atoms with Crippen molar-refractivity contribution in [3.8, 4) is 0 Å². The Hall–Kier alpha value is -0.0800. The molecular formula is C11H28O2. The van der Waals surface area contributed by atoms with Crippen LogP contribution in [0, 0.1) is 0 Å². The SMILES string of the molecule is C.CC.CC.COC1CCCCO1. The van der Waals surface area contributed by atoms with E-state index in [1.165, 1.54) is 12.8 Å². The van der Waals surface area contributed by atoms with E-state index in [9.17, 15) is 0 Å². The maximum absolute atomic E-state index is 5.20. The van der Waals surface area contributed by atoms with Crippen molar-refractivity contribution in [2.45, 2.75) is 60.7 Å². The minimum atomic E-state index is 0. The van der Waals surface area contributed by atoms with Gasteiger partial charge in [-0.05, 0) is 19.3 Å². The Morgan fingerprint density at radius 1 is 1.08 bits per heavy atom. The third kappa shape index (κ3) is 11.9. The Labute approximate surface area is 84.6 Å². The lowest BCUT2D eigenvalue weighted by Crippen LogP contribution is -2.20. The van der Waals surface area contributed by atoms with Gasteiger partial charge in [-0.3, -0.25) is 0 Å². The van der Waals surface area contributed by atoms with Gasteiger partial charge in [-0.15, -0.1) is 0 Å². The molecule has 0 aromatic rings. The van der Waals surface area contributed by atoms with Crippen molar-refractivity contribution >= 4 is 0 Å². The van der Waals surface area contributed by atoms with Crippen LogP contribution in [0.15, 0.2) is 0 Å². The second-order valence-corrected chi connectivity index (χ2v) is 2.03. The van der Waals surface area contributed by atoms with Crippen molar-refractivity contribution in [2.75, 3.05) is 13.7 Å². The quantitative estimate of drug-likeness (QED) is 0.628. The van der Waals surface area contributed by atoms with E-state index in [1.54, 1.807) is 7.11 Å². The van der Waals surface area contributed by atoms with Crippen LogP contribution < -0.4 is 0 Å². The topological polar surface area (TPSA) is 18.5 Å². The Morgan fingerprint density at radius 2 is 1.62 bits per heavy atom. The van der Waals surface area contributed by atoms with E-state index in [0.717, 1.165) is 13.0 Å². The molecule has 0 spiro atoms. The van der Waals surface area contributed by atoms with Crippen molar-refractivity contribution in [2.24, 2.45) is 0 Å². The Bertz CT molecular complexity index is 59.1. The molecule has 1 aliphatic heterocycles. The Kier molecular flexibility index (Phi) is 25.6. The highest BCUT2D eigenvalue weighted by molar-refractivity contribution is 4.52. The molecule has 1 fully saturated rings. The minimum absolute atomic E-state index is 0. The van der Waals surface area contributed by atoms with Crippen molar-refractivity contribution in [3.63, 3.8) is 0 Å². The van der Waals surface area contributed by atoms with Gasteiger partial charge in [-0.2, -0.15) is 0 Å². The van der Waals surface area contributed by atoms with Crippen molar-refractivity contribution in [1.29, 1.82) is 0 Å². The van der Waals surface area contributed by atoms with Crippen molar-refractivity contribution < 1.29 is 9.47 Å². The average molecular weight is 192 g/mol. The summed E-state index contributed by atoms with van der Waals surface area (Å²) in [7, 11) is 1.69. The fourth-order valence-electron chi connectivity index (χ4n) is 0.897. The highest BCUT2D eigenvalue weighted by Gasteiger charge is 2.10. The number of methoxy groups -OCH3 is 1. The van der Waals surface area contributed by atoms with E-state index in [1.807, 2.05) is 27.7 Å². The summed E-state index contributed by atoms with van der Waals surface area (Å²) in [6, 6.07) is 0. The molecule has 0 aromatic heterocycles. The molecule has 13 heavy (non-hydrogen) atoms. The smallest absolute Gasteiger partial charge is 0.157 e. The first-order valence-electron chi connectivity index (χ1n) is 5.08. The molecule has 1 heterocycles. The first-order valence-corrected chi connectivity index (χ1v) is 5.08. The maximum Gasteiger partial charge on any atom is 0.157 e. The van der Waals surface area contributed by atoms with Gasteiger partial charge in [0.05, 0.1) is 0 Å². The Morgan fingerprint density at radius 3 is 1.85 bits per heavy atom. The van der Waals surface area contributed by atoms with E-state index >= 15 is 0 Å². The van der Waals surface area contributed by atoms with Gasteiger partial charge in [0.15, 0.2) is 6.29 Å². The number of hydrogen-bond acceptors (Lipinski definition) is 2. The second-order valence-electron chi connectivity index (χ2n) is 2.03. The van der Waals surface area contributed by atoms with E-state index in [-0.39, 0.29) is 13.7 Å². The molecular weight excluding hydrogens is 164 g/mol. The van der Waals surface area contributed by atoms with E-state index in [4.69, 9.17) is 9.47 Å². The van der Waals surface area contributed by atoms with Crippen LogP contribution in [0.3, 0.4) is 0 Å². The molecule has 0 amide bonds. The molecule has 0 aromatic carbocycles. The van der Waals surface area contributed by atoms with Crippen LogP contribution >= 0.6 is 0 Å². The number of rotatable bonds is 1. The van der Waals surface area contributed by atoms with Crippen LogP contribution in [0.1, 0.15) is 54.4 Å². The molecule has 0 bridgehead atoms. The maximum atomic E-state index is 5.20. The van der Waals surface area contributed by atoms with E-state index in [2.05, 4.69) is 0 Å². The lowest BCUT2D eigenvalue weighted by atomic mass is 10.2. The third-order valence-corrected chi connectivity index (χ3v) is 1.40. The predicted molar refractivity (Wildman–Crippen MR) is 60.0 cm³/mol. The van der Waals surface area contributed by atoms with E-state index in [0.29, 0.717) is 0 Å². The van der Waals surface area contributed by atoms with Crippen LogP contribution in [0.4, 0.5) is 0 Å². The zero-order valence-corrected chi connectivity index (χ0v) is 9.22. The highest BCUT2D eigenvalue weighted by atomic mass is 16.7. The van der Waals surface area contributed by atoms with Gasteiger partial charge in [0, 0.05) is 13.7 Å². The largest absolute Gasteiger partial charge is 0.356 e. The van der Waals surface area contributed by atoms with Gasteiger partial charge in [-0.1, -0.05) is 35.1 Å². The second kappa shape index (κ2) is 17.9. The summed E-state index contributed by atoms with van der Waals surface area (Å²) in [5.74, 6) is 0. The lowest BCUT2D eigenvalue weighted by molar-refractivity contribution is -0.145. The standard InChI is InChI=1S/C6H12O2.2C2H6.CH4/c1-7-6-4-2-3-5-8-6;2*1-2;/h6H,2-5H2,1H3;2*1-2H3;1H4. The molecule has 0 N–H and O–H groups in total. The zero-order chi connectivity index (χ0) is 9.82. The molecule has 0 aliphatic carbocycles. The summed E-state index contributed by atoms with van der Waals surface area (Å²) in [6.45, 7) is 8.87. The first kappa shape index (κ1) is 18.7. The minimum Gasteiger partial charge on any atom is -0.356 e. The van der Waals surface area contributed by atoms with Crippen molar-refractivity contribution in [1.82, 2.24) is 0 Å². The van der Waals surface area contributed by atoms with Crippen molar-refractivity contribution in [3.05, 3.63) is 0 Å². The van der Waals surface area contributed by atoms with Crippen LogP contribution in [0.2, 0.25) is 0 Å². The molecule has 0 radical (unpaired) electrons. The first-order chi connectivity index (χ1) is 5.93. The molecule has 1 saturated heterocycles. The van der Waals surface area contributed by atoms with Gasteiger partial charge in [-0.25, -0.2) is 0 Å². The summed E-state index contributed by atoms with van der Waals surface area (Å²) >= 11 is 0. The fourth-order valence-corrected chi connectivity index (χ4v) is 0.897.